The first kappa shape index (κ1) is 14.8. The lowest BCUT2D eigenvalue weighted by Crippen LogP contribution is -2.42. The van der Waals surface area contributed by atoms with Gasteiger partial charge in [-0.25, -0.2) is 0 Å². The molecule has 0 spiro atoms. The second-order valence-corrected chi connectivity index (χ2v) is 5.52. The molecule has 1 saturated heterocycles. The van der Waals surface area contributed by atoms with Gasteiger partial charge in [0.15, 0.2) is 0 Å². The summed E-state index contributed by atoms with van der Waals surface area (Å²) < 4.78 is 0. The van der Waals surface area contributed by atoms with Crippen molar-refractivity contribution in [2.75, 3.05) is 13.1 Å². The summed E-state index contributed by atoms with van der Waals surface area (Å²) in [6, 6.07) is 0.0857. The van der Waals surface area contributed by atoms with Crippen LogP contribution < -0.4 is 10.6 Å². The van der Waals surface area contributed by atoms with Crippen LogP contribution in [-0.4, -0.2) is 25.0 Å². The molecule has 3 nitrogen and oxygen atoms in total. The number of halogens is 1. The molecule has 2 fully saturated rings. The predicted molar refractivity (Wildman–Crippen MR) is 72.4 cm³/mol. The second-order valence-electron chi connectivity index (χ2n) is 5.52. The largest absolute Gasteiger partial charge is 0.354 e. The van der Waals surface area contributed by atoms with Gasteiger partial charge in [-0.3, -0.25) is 4.79 Å². The van der Waals surface area contributed by atoms with Gasteiger partial charge < -0.3 is 10.6 Å². The minimum atomic E-state index is 0. The van der Waals surface area contributed by atoms with Crippen LogP contribution in [0.3, 0.4) is 0 Å². The minimum Gasteiger partial charge on any atom is -0.354 e. The molecule has 0 aromatic carbocycles. The summed E-state index contributed by atoms with van der Waals surface area (Å²) >= 11 is 0. The Balaban J connectivity index is 0.00000144. The standard InChI is InChI=1S/C13H24N2O.ClH/c1-10-4-6-11(7-5-10)9-15-13(16)12-3-2-8-14-12;/h10-12,14H,2-9H2,1H3,(H,15,16);1H/t10?,11?,12-;/m0./s1. The molecule has 0 radical (unpaired) electrons. The predicted octanol–water partition coefficient (Wildman–Crippen LogP) is 2.10. The molecule has 1 amide bonds. The summed E-state index contributed by atoms with van der Waals surface area (Å²) in [4.78, 5) is 11.8. The second kappa shape index (κ2) is 7.22. The van der Waals surface area contributed by atoms with E-state index in [1.807, 2.05) is 0 Å². The zero-order valence-corrected chi connectivity index (χ0v) is 11.5. The van der Waals surface area contributed by atoms with Gasteiger partial charge in [0.2, 0.25) is 5.91 Å². The molecule has 0 aromatic heterocycles. The van der Waals surface area contributed by atoms with Crippen molar-refractivity contribution in [3.05, 3.63) is 0 Å². The maximum Gasteiger partial charge on any atom is 0.237 e. The summed E-state index contributed by atoms with van der Waals surface area (Å²) in [5.74, 6) is 1.83. The molecular weight excluding hydrogens is 236 g/mol. The third-order valence-electron chi connectivity index (χ3n) is 4.08. The topological polar surface area (TPSA) is 41.1 Å². The van der Waals surface area contributed by atoms with Crippen molar-refractivity contribution in [3.63, 3.8) is 0 Å². The van der Waals surface area contributed by atoms with Crippen LogP contribution in [0, 0.1) is 11.8 Å². The van der Waals surface area contributed by atoms with Crippen molar-refractivity contribution in [2.24, 2.45) is 11.8 Å². The van der Waals surface area contributed by atoms with Crippen LogP contribution in [0.1, 0.15) is 45.4 Å². The maximum atomic E-state index is 11.8. The Hall–Kier alpha value is -0.280. The third-order valence-corrected chi connectivity index (χ3v) is 4.08. The number of rotatable bonds is 3. The molecule has 1 aliphatic carbocycles. The van der Waals surface area contributed by atoms with Gasteiger partial charge in [0.1, 0.15) is 0 Å². The fourth-order valence-electron chi connectivity index (χ4n) is 2.81. The molecule has 2 N–H and O–H groups in total. The van der Waals surface area contributed by atoms with E-state index in [0.29, 0.717) is 0 Å². The summed E-state index contributed by atoms with van der Waals surface area (Å²) in [6.07, 6.45) is 7.40. The number of hydrogen-bond acceptors (Lipinski definition) is 2. The van der Waals surface area contributed by atoms with Crippen LogP contribution in [0.4, 0.5) is 0 Å². The molecule has 0 bridgehead atoms. The molecule has 1 heterocycles. The van der Waals surface area contributed by atoms with Gasteiger partial charge >= 0.3 is 0 Å². The van der Waals surface area contributed by atoms with E-state index in [4.69, 9.17) is 0 Å². The molecule has 2 rings (SSSR count). The normalized spacial score (nSPS) is 32.9. The van der Waals surface area contributed by atoms with E-state index in [0.717, 1.165) is 37.8 Å². The Morgan fingerprint density at radius 1 is 1.24 bits per heavy atom. The van der Waals surface area contributed by atoms with Crippen molar-refractivity contribution in [3.8, 4) is 0 Å². The number of amides is 1. The zero-order valence-electron chi connectivity index (χ0n) is 10.7. The molecule has 4 heteroatoms. The van der Waals surface area contributed by atoms with E-state index >= 15 is 0 Å². The minimum absolute atomic E-state index is 0. The van der Waals surface area contributed by atoms with Crippen LogP contribution >= 0.6 is 12.4 Å². The molecule has 1 atom stereocenters. The highest BCUT2D eigenvalue weighted by atomic mass is 35.5. The molecule has 1 aliphatic heterocycles. The van der Waals surface area contributed by atoms with Gasteiger partial charge in [-0.05, 0) is 44.1 Å². The van der Waals surface area contributed by atoms with E-state index in [2.05, 4.69) is 17.6 Å². The van der Waals surface area contributed by atoms with Crippen molar-refractivity contribution in [2.45, 2.75) is 51.5 Å². The van der Waals surface area contributed by atoms with Gasteiger partial charge in [-0.2, -0.15) is 0 Å². The average Bonchev–Trinajstić information content (AvgIpc) is 2.81. The fourth-order valence-corrected chi connectivity index (χ4v) is 2.81. The van der Waals surface area contributed by atoms with Crippen LogP contribution in [0.2, 0.25) is 0 Å². The molecule has 1 saturated carbocycles. The number of carbonyl (C=O) groups is 1. The van der Waals surface area contributed by atoms with Gasteiger partial charge in [0.25, 0.3) is 0 Å². The van der Waals surface area contributed by atoms with Crippen LogP contribution in [0.25, 0.3) is 0 Å². The maximum absolute atomic E-state index is 11.8. The third kappa shape index (κ3) is 4.47. The summed E-state index contributed by atoms with van der Waals surface area (Å²) in [5.41, 5.74) is 0. The highest BCUT2D eigenvalue weighted by Gasteiger charge is 2.23. The van der Waals surface area contributed by atoms with Crippen LogP contribution in [0.5, 0.6) is 0 Å². The van der Waals surface area contributed by atoms with Gasteiger partial charge in [0.05, 0.1) is 6.04 Å². The Morgan fingerprint density at radius 3 is 2.53 bits per heavy atom. The van der Waals surface area contributed by atoms with Gasteiger partial charge in [-0.15, -0.1) is 12.4 Å². The van der Waals surface area contributed by atoms with Crippen molar-refractivity contribution in [1.29, 1.82) is 0 Å². The Labute approximate surface area is 111 Å². The summed E-state index contributed by atoms with van der Waals surface area (Å²) in [7, 11) is 0. The molecule has 100 valence electrons. The van der Waals surface area contributed by atoms with E-state index in [9.17, 15) is 4.79 Å². The Bertz CT molecular complexity index is 234. The van der Waals surface area contributed by atoms with Crippen molar-refractivity contribution < 1.29 is 4.79 Å². The average molecular weight is 261 g/mol. The molecule has 2 aliphatic rings. The molecular formula is C13H25ClN2O. The lowest BCUT2D eigenvalue weighted by molar-refractivity contribution is -0.123. The lowest BCUT2D eigenvalue weighted by Gasteiger charge is -2.26. The smallest absolute Gasteiger partial charge is 0.237 e. The monoisotopic (exact) mass is 260 g/mol. The van der Waals surface area contributed by atoms with Crippen LogP contribution in [0.15, 0.2) is 0 Å². The van der Waals surface area contributed by atoms with Gasteiger partial charge in [0, 0.05) is 6.54 Å². The van der Waals surface area contributed by atoms with Crippen LogP contribution in [-0.2, 0) is 4.79 Å². The number of nitrogens with one attached hydrogen (secondary N) is 2. The quantitative estimate of drug-likeness (QED) is 0.816. The van der Waals surface area contributed by atoms with Crippen molar-refractivity contribution in [1.82, 2.24) is 10.6 Å². The Kier molecular flexibility index (Phi) is 6.28. The highest BCUT2D eigenvalue weighted by Crippen LogP contribution is 2.27. The SMILES string of the molecule is CC1CCC(CNC(=O)[C@@H]2CCCN2)CC1.Cl. The first-order chi connectivity index (χ1) is 7.75. The first-order valence-electron chi connectivity index (χ1n) is 6.77. The lowest BCUT2D eigenvalue weighted by atomic mass is 9.83. The number of hydrogen-bond donors (Lipinski definition) is 2. The zero-order chi connectivity index (χ0) is 11.4. The summed E-state index contributed by atoms with van der Waals surface area (Å²) in [6.45, 7) is 4.22. The van der Waals surface area contributed by atoms with E-state index in [1.165, 1.54) is 25.7 Å². The fraction of sp³-hybridized carbons (Fsp3) is 0.923. The van der Waals surface area contributed by atoms with E-state index in [-0.39, 0.29) is 24.4 Å². The van der Waals surface area contributed by atoms with E-state index in [1.54, 1.807) is 0 Å². The first-order valence-corrected chi connectivity index (χ1v) is 6.77. The Morgan fingerprint density at radius 2 is 1.94 bits per heavy atom. The molecule has 0 unspecified atom stereocenters. The molecule has 17 heavy (non-hydrogen) atoms. The number of carbonyl (C=O) groups excluding carboxylic acids is 1. The highest BCUT2D eigenvalue weighted by molar-refractivity contribution is 5.85. The van der Waals surface area contributed by atoms with Gasteiger partial charge in [-0.1, -0.05) is 19.8 Å². The molecule has 0 aromatic rings. The van der Waals surface area contributed by atoms with E-state index < -0.39 is 0 Å². The summed E-state index contributed by atoms with van der Waals surface area (Å²) in [5, 5.41) is 6.35. The van der Waals surface area contributed by atoms with Crippen molar-refractivity contribution >= 4 is 18.3 Å².